The van der Waals surface area contributed by atoms with Crippen LogP contribution in [0.1, 0.15) is 25.0 Å². The van der Waals surface area contributed by atoms with Gasteiger partial charge >= 0.3 is 11.9 Å². The van der Waals surface area contributed by atoms with Crippen LogP contribution >= 0.6 is 11.6 Å². The molecule has 1 aromatic carbocycles. The van der Waals surface area contributed by atoms with Crippen molar-refractivity contribution in [1.29, 1.82) is 0 Å². The lowest BCUT2D eigenvalue weighted by Gasteiger charge is -2.22. The molecule has 0 aliphatic rings. The van der Waals surface area contributed by atoms with Gasteiger partial charge in [0.2, 0.25) is 5.78 Å². The van der Waals surface area contributed by atoms with E-state index in [1.807, 2.05) is 0 Å². The molecule has 1 aromatic rings. The first-order chi connectivity index (χ1) is 9.30. The average molecular weight is 307 g/mol. The van der Waals surface area contributed by atoms with Crippen molar-refractivity contribution < 1.29 is 28.2 Å². The molecule has 0 aromatic heterocycles. The SMILES string of the molecule is CCOC(=O)CC(=O)C(F)(F)C(O)c1ccccc1Cl. The molecule has 110 valence electrons. The third kappa shape index (κ3) is 3.74. The number of aliphatic hydroxyl groups is 1. The lowest BCUT2D eigenvalue weighted by Crippen LogP contribution is -2.37. The monoisotopic (exact) mass is 306 g/mol. The molecule has 1 N–H and O–H groups in total. The van der Waals surface area contributed by atoms with E-state index in [0.29, 0.717) is 0 Å². The van der Waals surface area contributed by atoms with Crippen LogP contribution in [0.2, 0.25) is 5.02 Å². The van der Waals surface area contributed by atoms with Crippen molar-refractivity contribution in [1.82, 2.24) is 0 Å². The van der Waals surface area contributed by atoms with Crippen LogP contribution < -0.4 is 0 Å². The Hall–Kier alpha value is -1.53. The molecule has 4 nitrogen and oxygen atoms in total. The molecule has 1 unspecified atom stereocenters. The maximum Gasteiger partial charge on any atom is 0.335 e. The fraction of sp³-hybridized carbons (Fsp3) is 0.385. The van der Waals surface area contributed by atoms with Crippen LogP contribution in [-0.2, 0) is 14.3 Å². The first-order valence-electron chi connectivity index (χ1n) is 5.80. The summed E-state index contributed by atoms with van der Waals surface area (Å²) in [5.74, 6) is -6.91. The normalized spacial score (nSPS) is 12.8. The van der Waals surface area contributed by atoms with Gasteiger partial charge in [-0.1, -0.05) is 29.8 Å². The van der Waals surface area contributed by atoms with Crippen molar-refractivity contribution in [2.45, 2.75) is 25.4 Å². The van der Waals surface area contributed by atoms with Gasteiger partial charge in [0, 0.05) is 10.6 Å². The first-order valence-corrected chi connectivity index (χ1v) is 6.17. The van der Waals surface area contributed by atoms with Crippen LogP contribution in [-0.4, -0.2) is 29.4 Å². The van der Waals surface area contributed by atoms with E-state index in [0.717, 1.165) is 0 Å². The van der Waals surface area contributed by atoms with E-state index >= 15 is 0 Å². The Morgan fingerprint density at radius 1 is 1.40 bits per heavy atom. The Labute approximate surface area is 119 Å². The van der Waals surface area contributed by atoms with Crippen LogP contribution in [0.15, 0.2) is 24.3 Å². The Kier molecular flexibility index (Phi) is 5.59. The van der Waals surface area contributed by atoms with Crippen LogP contribution in [0, 0.1) is 0 Å². The molecule has 0 heterocycles. The lowest BCUT2D eigenvalue weighted by molar-refractivity contribution is -0.166. The number of Topliss-reactive ketones (excluding diaryl/α,β-unsaturated/α-hetero) is 1. The summed E-state index contributed by atoms with van der Waals surface area (Å²) in [7, 11) is 0. The molecule has 0 saturated carbocycles. The molecule has 7 heteroatoms. The van der Waals surface area contributed by atoms with E-state index in [1.54, 1.807) is 0 Å². The van der Waals surface area contributed by atoms with Gasteiger partial charge in [0.15, 0.2) is 6.10 Å². The standard InChI is InChI=1S/C13H13ClF2O4/c1-2-20-11(18)7-10(17)13(15,16)12(19)8-5-3-4-6-9(8)14/h3-6,12,19H,2,7H2,1H3. The smallest absolute Gasteiger partial charge is 0.335 e. The number of esters is 1. The molecular formula is C13H13ClF2O4. The number of hydrogen-bond donors (Lipinski definition) is 1. The van der Waals surface area contributed by atoms with Crippen LogP contribution in [0.3, 0.4) is 0 Å². The minimum atomic E-state index is -4.13. The number of ketones is 1. The number of hydrogen-bond acceptors (Lipinski definition) is 4. The average Bonchev–Trinajstić information content (AvgIpc) is 2.38. The summed E-state index contributed by atoms with van der Waals surface area (Å²) in [4.78, 5) is 22.5. The topological polar surface area (TPSA) is 63.6 Å². The highest BCUT2D eigenvalue weighted by atomic mass is 35.5. The molecular weight excluding hydrogens is 294 g/mol. The fourth-order valence-electron chi connectivity index (χ4n) is 1.51. The van der Waals surface area contributed by atoms with Gasteiger partial charge in [-0.25, -0.2) is 0 Å². The molecule has 20 heavy (non-hydrogen) atoms. The highest BCUT2D eigenvalue weighted by Crippen LogP contribution is 2.36. The number of rotatable bonds is 6. The van der Waals surface area contributed by atoms with Gasteiger partial charge in [-0.05, 0) is 13.0 Å². The zero-order valence-electron chi connectivity index (χ0n) is 10.6. The summed E-state index contributed by atoms with van der Waals surface area (Å²) in [6.45, 7) is 1.46. The number of ether oxygens (including phenoxy) is 1. The Bertz CT molecular complexity index is 505. The van der Waals surface area contributed by atoms with Gasteiger partial charge in [-0.3, -0.25) is 9.59 Å². The van der Waals surface area contributed by atoms with Crippen molar-refractivity contribution in [3.05, 3.63) is 34.9 Å². The van der Waals surface area contributed by atoms with Gasteiger partial charge < -0.3 is 9.84 Å². The lowest BCUT2D eigenvalue weighted by atomic mass is 9.99. The van der Waals surface area contributed by atoms with Gasteiger partial charge in [-0.15, -0.1) is 0 Å². The summed E-state index contributed by atoms with van der Waals surface area (Å²) in [5, 5.41) is 9.54. The summed E-state index contributed by atoms with van der Waals surface area (Å²) < 4.78 is 32.0. The number of benzene rings is 1. The molecule has 0 spiro atoms. The van der Waals surface area contributed by atoms with Crippen molar-refractivity contribution in [2.75, 3.05) is 6.61 Å². The number of aliphatic hydroxyl groups excluding tert-OH is 1. The molecule has 0 aliphatic carbocycles. The Morgan fingerprint density at radius 3 is 2.55 bits per heavy atom. The third-order valence-corrected chi connectivity index (χ3v) is 2.87. The maximum absolute atomic E-state index is 13.8. The highest BCUT2D eigenvalue weighted by molar-refractivity contribution is 6.31. The van der Waals surface area contributed by atoms with Crippen LogP contribution in [0.5, 0.6) is 0 Å². The number of carbonyl (C=O) groups excluding carboxylic acids is 2. The summed E-state index contributed by atoms with van der Waals surface area (Å²) in [5.41, 5.74) is -0.281. The van der Waals surface area contributed by atoms with E-state index in [4.69, 9.17) is 11.6 Å². The molecule has 1 rings (SSSR count). The zero-order chi connectivity index (χ0) is 15.3. The van der Waals surface area contributed by atoms with Crippen molar-refractivity contribution in [2.24, 2.45) is 0 Å². The van der Waals surface area contributed by atoms with Crippen molar-refractivity contribution in [3.63, 3.8) is 0 Å². The second kappa shape index (κ2) is 6.76. The minimum absolute atomic E-state index is 0.0231. The maximum atomic E-state index is 13.8. The van der Waals surface area contributed by atoms with Crippen LogP contribution in [0.4, 0.5) is 8.78 Å². The summed E-state index contributed by atoms with van der Waals surface area (Å²) >= 11 is 5.69. The zero-order valence-corrected chi connectivity index (χ0v) is 11.4. The Balaban J connectivity index is 2.89. The first kappa shape index (κ1) is 16.5. The summed E-state index contributed by atoms with van der Waals surface area (Å²) in [6.07, 6.45) is -3.53. The highest BCUT2D eigenvalue weighted by Gasteiger charge is 2.48. The fourth-order valence-corrected chi connectivity index (χ4v) is 1.74. The quantitative estimate of drug-likeness (QED) is 0.648. The molecule has 0 saturated heterocycles. The van der Waals surface area contributed by atoms with Gasteiger partial charge in [0.05, 0.1) is 6.61 Å². The molecule has 0 bridgehead atoms. The molecule has 1 atom stereocenters. The van der Waals surface area contributed by atoms with E-state index in [9.17, 15) is 23.5 Å². The minimum Gasteiger partial charge on any atom is -0.466 e. The van der Waals surface area contributed by atoms with Gasteiger partial charge in [0.1, 0.15) is 6.42 Å². The molecule has 0 radical (unpaired) electrons. The van der Waals surface area contributed by atoms with Crippen molar-refractivity contribution >= 4 is 23.4 Å². The van der Waals surface area contributed by atoms with Gasteiger partial charge in [-0.2, -0.15) is 8.78 Å². The predicted octanol–water partition coefficient (Wildman–Crippen LogP) is 2.53. The molecule has 0 amide bonds. The van der Waals surface area contributed by atoms with E-state index in [2.05, 4.69) is 4.74 Å². The second-order valence-electron chi connectivity index (χ2n) is 3.95. The second-order valence-corrected chi connectivity index (χ2v) is 4.36. The van der Waals surface area contributed by atoms with E-state index < -0.39 is 30.2 Å². The largest absolute Gasteiger partial charge is 0.466 e. The number of halogens is 3. The molecule has 0 aliphatic heterocycles. The molecule has 0 fully saturated rings. The van der Waals surface area contributed by atoms with Gasteiger partial charge in [0.25, 0.3) is 0 Å². The number of alkyl halides is 2. The Morgan fingerprint density at radius 2 is 2.00 bits per heavy atom. The number of carbonyl (C=O) groups is 2. The van der Waals surface area contributed by atoms with Crippen molar-refractivity contribution in [3.8, 4) is 0 Å². The van der Waals surface area contributed by atoms with E-state index in [-0.39, 0.29) is 17.2 Å². The van der Waals surface area contributed by atoms with Crippen LogP contribution in [0.25, 0.3) is 0 Å². The predicted molar refractivity (Wildman–Crippen MR) is 67.6 cm³/mol. The van der Waals surface area contributed by atoms with E-state index in [1.165, 1.54) is 31.2 Å². The third-order valence-electron chi connectivity index (χ3n) is 2.53. The summed E-state index contributed by atoms with van der Waals surface area (Å²) in [6, 6.07) is 5.39.